The first kappa shape index (κ1) is 19.9. The molecule has 0 unspecified atom stereocenters. The maximum atomic E-state index is 12.5. The second-order valence-electron chi connectivity index (χ2n) is 6.12. The second kappa shape index (κ2) is 9.34. The molecule has 0 saturated carbocycles. The highest BCUT2D eigenvalue weighted by Crippen LogP contribution is 2.29. The van der Waals surface area contributed by atoms with Gasteiger partial charge in [-0.25, -0.2) is 0 Å². The van der Waals surface area contributed by atoms with Crippen LogP contribution in [-0.4, -0.2) is 28.7 Å². The topological polar surface area (TPSA) is 58.1 Å². The third-order valence-electron chi connectivity index (χ3n) is 3.97. The molecule has 3 rings (SSSR count). The first-order chi connectivity index (χ1) is 13.1. The Morgan fingerprint density at radius 2 is 2.00 bits per heavy atom. The zero-order valence-electron chi connectivity index (χ0n) is 15.5. The summed E-state index contributed by atoms with van der Waals surface area (Å²) >= 11 is 4.75. The smallest absolute Gasteiger partial charge is 0.257 e. The van der Waals surface area contributed by atoms with E-state index in [2.05, 4.69) is 52.6 Å². The van der Waals surface area contributed by atoms with Crippen LogP contribution in [-0.2, 0) is 5.75 Å². The molecule has 1 amide bonds. The molecule has 3 aromatic rings. The molecule has 8 heteroatoms. The van der Waals surface area contributed by atoms with Crippen molar-refractivity contribution in [3.63, 3.8) is 0 Å². The van der Waals surface area contributed by atoms with Crippen molar-refractivity contribution in [1.82, 2.24) is 10.2 Å². The Labute approximate surface area is 171 Å². The zero-order valence-corrected chi connectivity index (χ0v) is 18.0. The lowest BCUT2D eigenvalue weighted by Gasteiger charge is -2.27. The number of amides is 1. The highest BCUT2D eigenvalue weighted by Gasteiger charge is 2.13. The number of nitrogens with one attached hydrogen (secondary N) is 1. The van der Waals surface area contributed by atoms with Crippen LogP contribution in [0.2, 0.25) is 0 Å². The summed E-state index contributed by atoms with van der Waals surface area (Å²) < 4.78 is 0.851. The fourth-order valence-corrected chi connectivity index (χ4v) is 5.19. The lowest BCUT2D eigenvalue weighted by Crippen LogP contribution is -2.30. The Hall–Kier alpha value is -1.90. The van der Waals surface area contributed by atoms with Crippen LogP contribution >= 0.6 is 34.4 Å². The van der Waals surface area contributed by atoms with Crippen molar-refractivity contribution in [2.45, 2.75) is 36.9 Å². The van der Waals surface area contributed by atoms with Gasteiger partial charge in [0.25, 0.3) is 5.91 Å². The molecule has 27 heavy (non-hydrogen) atoms. The van der Waals surface area contributed by atoms with Crippen LogP contribution in [0.5, 0.6) is 0 Å². The monoisotopic (exact) mass is 418 g/mol. The van der Waals surface area contributed by atoms with Gasteiger partial charge in [0.15, 0.2) is 4.34 Å². The number of anilines is 2. The van der Waals surface area contributed by atoms with Crippen molar-refractivity contribution < 1.29 is 4.79 Å². The van der Waals surface area contributed by atoms with E-state index in [1.54, 1.807) is 23.1 Å². The summed E-state index contributed by atoms with van der Waals surface area (Å²) in [5.74, 6) is 0.700. The second-order valence-corrected chi connectivity index (χ2v) is 9.35. The van der Waals surface area contributed by atoms with Gasteiger partial charge in [-0.1, -0.05) is 29.2 Å². The molecule has 0 saturated heterocycles. The quantitative estimate of drug-likeness (QED) is 0.393. The van der Waals surface area contributed by atoms with E-state index in [9.17, 15) is 4.79 Å². The van der Waals surface area contributed by atoms with Gasteiger partial charge in [0.1, 0.15) is 0 Å². The molecule has 0 radical (unpaired) electrons. The van der Waals surface area contributed by atoms with Gasteiger partial charge in [-0.2, -0.15) is 0 Å². The summed E-state index contributed by atoms with van der Waals surface area (Å²) in [6, 6.07) is 12.2. The number of carbonyl (C=O) groups excluding carboxylic acids is 1. The predicted octanol–water partition coefficient (Wildman–Crippen LogP) is 5.38. The maximum absolute atomic E-state index is 12.5. The standard InChI is InChI=1S/C19H22N4OS3/c1-4-23(13(2)3)15-9-7-14(8-10-15)17(24)20-18-21-22-19(27-18)26-12-16-6-5-11-25-16/h5-11,13H,4,12H2,1-3H3,(H,20,21,24). The van der Waals surface area contributed by atoms with Crippen LogP contribution in [0.15, 0.2) is 46.1 Å². The molecule has 142 valence electrons. The Balaban J connectivity index is 1.58. The number of hydrogen-bond donors (Lipinski definition) is 1. The van der Waals surface area contributed by atoms with Crippen LogP contribution in [0.1, 0.15) is 36.0 Å². The van der Waals surface area contributed by atoms with E-state index in [1.165, 1.54) is 16.2 Å². The van der Waals surface area contributed by atoms with Crippen molar-refractivity contribution in [1.29, 1.82) is 0 Å². The lowest BCUT2D eigenvalue weighted by atomic mass is 10.1. The Bertz CT molecular complexity index is 859. The summed E-state index contributed by atoms with van der Waals surface area (Å²) in [4.78, 5) is 16.0. The Morgan fingerprint density at radius 1 is 1.22 bits per heavy atom. The highest BCUT2D eigenvalue weighted by atomic mass is 32.2. The molecule has 1 aromatic carbocycles. The van der Waals surface area contributed by atoms with Crippen molar-refractivity contribution in [3.05, 3.63) is 52.2 Å². The van der Waals surface area contributed by atoms with Gasteiger partial charge in [-0.15, -0.1) is 21.5 Å². The molecule has 0 atom stereocenters. The lowest BCUT2D eigenvalue weighted by molar-refractivity contribution is 0.102. The first-order valence-corrected chi connectivity index (χ1v) is 11.4. The van der Waals surface area contributed by atoms with E-state index in [0.29, 0.717) is 16.7 Å². The molecule has 2 aromatic heterocycles. The van der Waals surface area contributed by atoms with E-state index in [-0.39, 0.29) is 5.91 Å². The number of nitrogens with zero attached hydrogens (tertiary/aromatic N) is 3. The predicted molar refractivity (Wildman–Crippen MR) is 116 cm³/mol. The Morgan fingerprint density at radius 3 is 2.63 bits per heavy atom. The molecule has 0 aliphatic rings. The molecular weight excluding hydrogens is 396 g/mol. The van der Waals surface area contributed by atoms with Gasteiger partial charge in [-0.3, -0.25) is 10.1 Å². The third kappa shape index (κ3) is 5.31. The van der Waals surface area contributed by atoms with Gasteiger partial charge in [0.05, 0.1) is 0 Å². The summed E-state index contributed by atoms with van der Waals surface area (Å²) in [6.45, 7) is 7.38. The van der Waals surface area contributed by atoms with E-state index in [1.807, 2.05) is 30.3 Å². The van der Waals surface area contributed by atoms with E-state index in [4.69, 9.17) is 0 Å². The van der Waals surface area contributed by atoms with Gasteiger partial charge in [0.2, 0.25) is 5.13 Å². The summed E-state index contributed by atoms with van der Waals surface area (Å²) in [5, 5.41) is 13.6. The summed E-state index contributed by atoms with van der Waals surface area (Å²) in [5.41, 5.74) is 1.73. The van der Waals surface area contributed by atoms with Crippen LogP contribution < -0.4 is 10.2 Å². The normalized spacial score (nSPS) is 11.0. The minimum Gasteiger partial charge on any atom is -0.369 e. The van der Waals surface area contributed by atoms with Crippen molar-refractivity contribution in [3.8, 4) is 0 Å². The number of thiophene rings is 1. The number of carbonyl (C=O) groups is 1. The number of benzene rings is 1. The fourth-order valence-electron chi connectivity index (χ4n) is 2.67. The first-order valence-electron chi connectivity index (χ1n) is 8.73. The molecule has 2 heterocycles. The van der Waals surface area contributed by atoms with E-state index >= 15 is 0 Å². The number of hydrogen-bond acceptors (Lipinski definition) is 7. The van der Waals surface area contributed by atoms with Gasteiger partial charge in [-0.05, 0) is 56.5 Å². The minimum absolute atomic E-state index is 0.167. The van der Waals surface area contributed by atoms with Crippen LogP contribution in [0, 0.1) is 0 Å². The summed E-state index contributed by atoms with van der Waals surface area (Å²) in [7, 11) is 0. The van der Waals surface area contributed by atoms with Gasteiger partial charge < -0.3 is 4.90 Å². The SMILES string of the molecule is CCN(c1ccc(C(=O)Nc2nnc(SCc3cccs3)s2)cc1)C(C)C. The molecule has 5 nitrogen and oxygen atoms in total. The molecule has 0 bridgehead atoms. The molecular formula is C19H22N4OS3. The van der Waals surface area contributed by atoms with Crippen molar-refractivity contribution in [2.75, 3.05) is 16.8 Å². The van der Waals surface area contributed by atoms with Crippen molar-refractivity contribution >= 4 is 51.2 Å². The molecule has 0 aliphatic heterocycles. The Kier molecular flexibility index (Phi) is 6.87. The fraction of sp³-hybridized carbons (Fsp3) is 0.316. The van der Waals surface area contributed by atoms with Crippen LogP contribution in [0.4, 0.5) is 10.8 Å². The highest BCUT2D eigenvalue weighted by molar-refractivity contribution is 8.00. The number of aromatic nitrogens is 2. The number of thioether (sulfide) groups is 1. The van der Waals surface area contributed by atoms with Crippen LogP contribution in [0.3, 0.4) is 0 Å². The molecule has 1 N–H and O–H groups in total. The van der Waals surface area contributed by atoms with Gasteiger partial charge in [0, 0.05) is 34.5 Å². The van der Waals surface area contributed by atoms with E-state index < -0.39 is 0 Å². The average molecular weight is 419 g/mol. The maximum Gasteiger partial charge on any atom is 0.257 e. The van der Waals surface area contributed by atoms with Gasteiger partial charge >= 0.3 is 0 Å². The molecule has 0 fully saturated rings. The minimum atomic E-state index is -0.167. The van der Waals surface area contributed by atoms with Crippen LogP contribution in [0.25, 0.3) is 0 Å². The van der Waals surface area contributed by atoms with E-state index in [0.717, 1.165) is 22.3 Å². The number of rotatable bonds is 8. The average Bonchev–Trinajstić information content (AvgIpc) is 3.32. The molecule has 0 spiro atoms. The largest absolute Gasteiger partial charge is 0.369 e. The zero-order chi connectivity index (χ0) is 19.2. The molecule has 0 aliphatic carbocycles. The summed E-state index contributed by atoms with van der Waals surface area (Å²) in [6.07, 6.45) is 0. The third-order valence-corrected chi connectivity index (χ3v) is 7.05. The van der Waals surface area contributed by atoms with Crippen molar-refractivity contribution in [2.24, 2.45) is 0 Å².